The number of rotatable bonds is 11. The van der Waals surface area contributed by atoms with Gasteiger partial charge in [-0.3, -0.25) is 0 Å². The molecule has 0 saturated carbocycles. The van der Waals surface area contributed by atoms with Crippen molar-refractivity contribution in [2.45, 2.75) is 45.8 Å². The molecule has 0 amide bonds. The van der Waals surface area contributed by atoms with Gasteiger partial charge in [0.05, 0.1) is 7.11 Å². The summed E-state index contributed by atoms with van der Waals surface area (Å²) in [6, 6.07) is 13.8. The average molecular weight is 398 g/mol. The minimum Gasteiger partial charge on any atom is -0.493 e. The molecule has 0 spiro atoms. The normalized spacial score (nSPS) is 10.3. The van der Waals surface area contributed by atoms with Gasteiger partial charge in [0.25, 0.3) is 0 Å². The number of hydrogen-bond donors (Lipinski definition) is 1. The van der Waals surface area contributed by atoms with Gasteiger partial charge in [0.15, 0.2) is 11.5 Å². The maximum atomic E-state index is 6.01. The van der Waals surface area contributed by atoms with Gasteiger partial charge >= 0.3 is 0 Å². The predicted octanol–water partition coefficient (Wildman–Crippen LogP) is 6.02. The molecule has 2 aromatic rings. The molecule has 0 aliphatic heterocycles. The summed E-state index contributed by atoms with van der Waals surface area (Å²) in [6.45, 7) is 4.59. The van der Waals surface area contributed by atoms with Crippen molar-refractivity contribution < 1.29 is 9.47 Å². The first-order valence-electron chi connectivity index (χ1n) is 8.97. The number of benzene rings is 2. The molecule has 0 aromatic heterocycles. The number of unbranched alkanes of at least 4 members (excludes halogenated alkanes) is 3. The van der Waals surface area contributed by atoms with Gasteiger partial charge in [0.1, 0.15) is 6.61 Å². The summed E-state index contributed by atoms with van der Waals surface area (Å²) < 4.78 is 11.4. The van der Waals surface area contributed by atoms with E-state index >= 15 is 0 Å². The van der Waals surface area contributed by atoms with Crippen LogP contribution in [-0.4, -0.2) is 13.7 Å². The molecule has 1 N–H and O–H groups in total. The maximum Gasteiger partial charge on any atom is 0.161 e. The summed E-state index contributed by atoms with van der Waals surface area (Å²) in [7, 11) is 1.67. The second kappa shape index (κ2) is 12.9. The number of halogens is 2. The fourth-order valence-electron chi connectivity index (χ4n) is 2.64. The summed E-state index contributed by atoms with van der Waals surface area (Å²) in [5.74, 6) is 1.50. The van der Waals surface area contributed by atoms with Gasteiger partial charge in [-0.25, -0.2) is 0 Å². The molecule has 2 aromatic carbocycles. The molecule has 0 aliphatic carbocycles. The van der Waals surface area contributed by atoms with Gasteiger partial charge in [-0.15, -0.1) is 12.4 Å². The second-order valence-corrected chi connectivity index (χ2v) is 6.58. The summed E-state index contributed by atoms with van der Waals surface area (Å²) >= 11 is 6.01. The predicted molar refractivity (Wildman–Crippen MR) is 112 cm³/mol. The molecular formula is C21H29Cl2NO2. The molecule has 0 radical (unpaired) electrons. The molecule has 0 bridgehead atoms. The lowest BCUT2D eigenvalue weighted by molar-refractivity contribution is 0.284. The van der Waals surface area contributed by atoms with Crippen LogP contribution >= 0.6 is 24.0 Å². The van der Waals surface area contributed by atoms with E-state index in [1.165, 1.54) is 31.2 Å². The number of ether oxygens (including phenoxy) is 2. The Morgan fingerprint density at radius 1 is 0.962 bits per heavy atom. The van der Waals surface area contributed by atoms with Crippen LogP contribution in [0.25, 0.3) is 0 Å². The molecule has 0 aliphatic rings. The third kappa shape index (κ3) is 7.86. The molecule has 0 heterocycles. The topological polar surface area (TPSA) is 30.5 Å². The maximum absolute atomic E-state index is 6.01. The minimum absolute atomic E-state index is 0. The van der Waals surface area contributed by atoms with E-state index in [4.69, 9.17) is 21.1 Å². The van der Waals surface area contributed by atoms with E-state index in [-0.39, 0.29) is 12.4 Å². The average Bonchev–Trinajstić information content (AvgIpc) is 2.63. The molecule has 2 rings (SSSR count). The Morgan fingerprint density at radius 2 is 1.81 bits per heavy atom. The fourth-order valence-corrected chi connectivity index (χ4v) is 2.85. The fraction of sp³-hybridized carbons (Fsp3) is 0.429. The van der Waals surface area contributed by atoms with E-state index in [1.807, 2.05) is 36.4 Å². The van der Waals surface area contributed by atoms with Gasteiger partial charge in [-0.1, -0.05) is 56.0 Å². The molecule has 0 atom stereocenters. The number of methoxy groups -OCH3 is 1. The minimum atomic E-state index is 0. The summed E-state index contributed by atoms with van der Waals surface area (Å²) in [5.41, 5.74) is 2.23. The van der Waals surface area contributed by atoms with Crippen LogP contribution in [-0.2, 0) is 13.2 Å². The highest BCUT2D eigenvalue weighted by molar-refractivity contribution is 6.30. The molecule has 26 heavy (non-hydrogen) atoms. The van der Waals surface area contributed by atoms with Crippen LogP contribution in [0.3, 0.4) is 0 Å². The van der Waals surface area contributed by atoms with E-state index in [9.17, 15) is 0 Å². The standard InChI is InChI=1S/C21H28ClNO2.ClH/c1-3-4-5-6-12-23-15-17-10-11-20(21(14-17)24-2)25-16-18-8-7-9-19(22)13-18;/h7-11,13-14,23H,3-6,12,15-16H2,1-2H3;1H. The van der Waals surface area contributed by atoms with Crippen molar-refractivity contribution in [1.29, 1.82) is 0 Å². The lowest BCUT2D eigenvalue weighted by atomic mass is 10.2. The van der Waals surface area contributed by atoms with Gasteiger partial charge < -0.3 is 14.8 Å². The Balaban J connectivity index is 0.00000338. The van der Waals surface area contributed by atoms with Crippen molar-refractivity contribution >= 4 is 24.0 Å². The third-order valence-electron chi connectivity index (χ3n) is 4.05. The van der Waals surface area contributed by atoms with E-state index in [1.54, 1.807) is 7.11 Å². The SMILES string of the molecule is CCCCCCNCc1ccc(OCc2cccc(Cl)c2)c(OC)c1.Cl. The highest BCUT2D eigenvalue weighted by Crippen LogP contribution is 2.29. The van der Waals surface area contributed by atoms with E-state index in [0.29, 0.717) is 11.6 Å². The molecule has 5 heteroatoms. The van der Waals surface area contributed by atoms with Gasteiger partial charge in [-0.2, -0.15) is 0 Å². The summed E-state index contributed by atoms with van der Waals surface area (Å²) in [5, 5.41) is 4.20. The van der Waals surface area contributed by atoms with Crippen LogP contribution in [0, 0.1) is 0 Å². The van der Waals surface area contributed by atoms with Crippen molar-refractivity contribution in [3.05, 3.63) is 58.6 Å². The Kier molecular flexibility index (Phi) is 11.2. The lowest BCUT2D eigenvalue weighted by Gasteiger charge is -2.13. The Hall–Kier alpha value is -1.42. The first kappa shape index (κ1) is 22.6. The molecule has 3 nitrogen and oxygen atoms in total. The second-order valence-electron chi connectivity index (χ2n) is 6.14. The zero-order chi connectivity index (χ0) is 17.9. The number of hydrogen-bond acceptors (Lipinski definition) is 3. The monoisotopic (exact) mass is 397 g/mol. The largest absolute Gasteiger partial charge is 0.493 e. The lowest BCUT2D eigenvalue weighted by Crippen LogP contribution is -2.14. The summed E-state index contributed by atoms with van der Waals surface area (Å²) in [4.78, 5) is 0. The van der Waals surface area contributed by atoms with Crippen molar-refractivity contribution in [3.8, 4) is 11.5 Å². The zero-order valence-corrected chi connectivity index (χ0v) is 17.2. The highest BCUT2D eigenvalue weighted by Gasteiger charge is 2.06. The molecule has 0 fully saturated rings. The van der Waals surface area contributed by atoms with Crippen molar-refractivity contribution in [3.63, 3.8) is 0 Å². The van der Waals surface area contributed by atoms with Crippen LogP contribution in [0.5, 0.6) is 11.5 Å². The first-order chi connectivity index (χ1) is 12.2. The van der Waals surface area contributed by atoms with E-state index in [2.05, 4.69) is 18.3 Å². The van der Waals surface area contributed by atoms with Gasteiger partial charge in [0.2, 0.25) is 0 Å². The van der Waals surface area contributed by atoms with E-state index in [0.717, 1.165) is 30.2 Å². The van der Waals surface area contributed by atoms with E-state index < -0.39 is 0 Å². The summed E-state index contributed by atoms with van der Waals surface area (Å²) in [6.07, 6.45) is 5.11. The van der Waals surface area contributed by atoms with Crippen LogP contribution < -0.4 is 14.8 Å². The van der Waals surface area contributed by atoms with Crippen LogP contribution in [0.2, 0.25) is 5.02 Å². The highest BCUT2D eigenvalue weighted by atomic mass is 35.5. The zero-order valence-electron chi connectivity index (χ0n) is 15.6. The quantitative estimate of drug-likeness (QED) is 0.470. The van der Waals surface area contributed by atoms with Crippen molar-refractivity contribution in [2.24, 2.45) is 0 Å². The molecular weight excluding hydrogens is 369 g/mol. The molecule has 144 valence electrons. The van der Waals surface area contributed by atoms with Crippen LogP contribution in [0.4, 0.5) is 0 Å². The van der Waals surface area contributed by atoms with Crippen LogP contribution in [0.15, 0.2) is 42.5 Å². The van der Waals surface area contributed by atoms with Gasteiger partial charge in [0, 0.05) is 11.6 Å². The molecule has 0 unspecified atom stereocenters. The Labute approximate surface area is 168 Å². The Morgan fingerprint density at radius 3 is 2.54 bits per heavy atom. The van der Waals surface area contributed by atoms with Crippen LogP contribution in [0.1, 0.15) is 43.7 Å². The number of nitrogens with one attached hydrogen (secondary N) is 1. The Bertz CT molecular complexity index is 650. The van der Waals surface area contributed by atoms with Gasteiger partial charge in [-0.05, 0) is 48.4 Å². The molecule has 0 saturated heterocycles. The first-order valence-corrected chi connectivity index (χ1v) is 9.35. The van der Waals surface area contributed by atoms with Crippen molar-refractivity contribution in [1.82, 2.24) is 5.32 Å². The van der Waals surface area contributed by atoms with Crippen molar-refractivity contribution in [2.75, 3.05) is 13.7 Å². The smallest absolute Gasteiger partial charge is 0.161 e. The third-order valence-corrected chi connectivity index (χ3v) is 4.28.